The van der Waals surface area contributed by atoms with Gasteiger partial charge in [0.25, 0.3) is 0 Å². The van der Waals surface area contributed by atoms with Crippen molar-refractivity contribution >= 4 is 23.1 Å². The maximum Gasteiger partial charge on any atom is 0.316 e. The van der Waals surface area contributed by atoms with Gasteiger partial charge in [0.15, 0.2) is 5.78 Å². The lowest BCUT2D eigenvalue weighted by molar-refractivity contribution is -0.151. The first kappa shape index (κ1) is 20.8. The summed E-state index contributed by atoms with van der Waals surface area (Å²) < 4.78 is 16.0. The molecule has 1 heterocycles. The van der Waals surface area contributed by atoms with Crippen LogP contribution in [-0.2, 0) is 14.3 Å². The van der Waals surface area contributed by atoms with Crippen LogP contribution >= 0.6 is 0 Å². The van der Waals surface area contributed by atoms with Gasteiger partial charge in [0.05, 0.1) is 38.7 Å². The molecule has 162 valence electrons. The molecule has 0 bridgehead atoms. The van der Waals surface area contributed by atoms with Gasteiger partial charge in [0, 0.05) is 16.8 Å². The number of allylic oxidation sites excluding steroid dienone is 1. The Morgan fingerprint density at radius 3 is 2.45 bits per heavy atom. The van der Waals surface area contributed by atoms with E-state index in [-0.39, 0.29) is 11.7 Å². The van der Waals surface area contributed by atoms with E-state index < -0.39 is 17.9 Å². The molecule has 0 saturated heterocycles. The SMILES string of the molecule is COC(=O)[C@@H]1C(=O)C2=C(C[C@@H]1C)Nc1ccccc1N[C@@H]2c1cc(OC)ccc1OC. The van der Waals surface area contributed by atoms with Crippen LogP contribution in [0.25, 0.3) is 0 Å². The summed E-state index contributed by atoms with van der Waals surface area (Å²) >= 11 is 0. The Morgan fingerprint density at radius 2 is 1.77 bits per heavy atom. The van der Waals surface area contributed by atoms with E-state index in [1.54, 1.807) is 14.2 Å². The Hall–Kier alpha value is -3.48. The van der Waals surface area contributed by atoms with Crippen molar-refractivity contribution in [3.63, 3.8) is 0 Å². The number of ketones is 1. The maximum absolute atomic E-state index is 13.7. The van der Waals surface area contributed by atoms with Crippen LogP contribution in [-0.4, -0.2) is 33.1 Å². The molecule has 7 heteroatoms. The number of esters is 1. The second kappa shape index (κ2) is 8.34. The molecule has 0 radical (unpaired) electrons. The third-order valence-electron chi connectivity index (χ3n) is 5.97. The predicted octanol–water partition coefficient (Wildman–Crippen LogP) is 3.93. The van der Waals surface area contributed by atoms with Gasteiger partial charge in [0.1, 0.15) is 17.4 Å². The smallest absolute Gasteiger partial charge is 0.316 e. The molecule has 0 saturated carbocycles. The second-order valence-electron chi connectivity index (χ2n) is 7.79. The third-order valence-corrected chi connectivity index (χ3v) is 5.97. The lowest BCUT2D eigenvalue weighted by Gasteiger charge is -2.32. The number of benzene rings is 2. The summed E-state index contributed by atoms with van der Waals surface area (Å²) in [5.74, 6) is -0.542. The summed E-state index contributed by atoms with van der Waals surface area (Å²) in [6.45, 7) is 1.90. The average Bonchev–Trinajstić information content (AvgIpc) is 2.94. The van der Waals surface area contributed by atoms with Crippen LogP contribution in [0.1, 0.15) is 24.9 Å². The van der Waals surface area contributed by atoms with Crippen LogP contribution in [0.4, 0.5) is 11.4 Å². The van der Waals surface area contributed by atoms with Gasteiger partial charge >= 0.3 is 5.97 Å². The fourth-order valence-corrected chi connectivity index (χ4v) is 4.43. The highest BCUT2D eigenvalue weighted by molar-refractivity contribution is 6.11. The Morgan fingerprint density at radius 1 is 1.03 bits per heavy atom. The fraction of sp³-hybridized carbons (Fsp3) is 0.333. The molecule has 0 aromatic heterocycles. The van der Waals surface area contributed by atoms with E-state index in [1.807, 2.05) is 49.4 Å². The Labute approximate surface area is 181 Å². The number of nitrogens with one attached hydrogen (secondary N) is 2. The average molecular weight is 422 g/mol. The second-order valence-corrected chi connectivity index (χ2v) is 7.79. The Bertz CT molecular complexity index is 1060. The predicted molar refractivity (Wildman–Crippen MR) is 117 cm³/mol. The van der Waals surface area contributed by atoms with Crippen molar-refractivity contribution < 1.29 is 23.8 Å². The molecule has 2 aromatic rings. The highest BCUT2D eigenvalue weighted by Gasteiger charge is 2.44. The summed E-state index contributed by atoms with van der Waals surface area (Å²) in [7, 11) is 4.49. The van der Waals surface area contributed by atoms with Gasteiger partial charge in [-0.1, -0.05) is 19.1 Å². The van der Waals surface area contributed by atoms with E-state index in [1.165, 1.54) is 7.11 Å². The van der Waals surface area contributed by atoms with Gasteiger partial charge in [-0.25, -0.2) is 0 Å². The highest BCUT2D eigenvalue weighted by Crippen LogP contribution is 2.46. The summed E-state index contributed by atoms with van der Waals surface area (Å²) in [6, 6.07) is 12.7. The molecular formula is C24H26N2O5. The monoisotopic (exact) mass is 422 g/mol. The number of anilines is 2. The first-order valence-corrected chi connectivity index (χ1v) is 10.2. The van der Waals surface area contributed by atoms with Crippen molar-refractivity contribution in [1.29, 1.82) is 0 Å². The van der Waals surface area contributed by atoms with Crippen LogP contribution < -0.4 is 20.1 Å². The maximum atomic E-state index is 13.7. The van der Waals surface area contributed by atoms with E-state index in [4.69, 9.17) is 14.2 Å². The van der Waals surface area contributed by atoms with E-state index >= 15 is 0 Å². The van der Waals surface area contributed by atoms with Gasteiger partial charge < -0.3 is 24.8 Å². The van der Waals surface area contributed by atoms with Crippen molar-refractivity contribution in [2.45, 2.75) is 19.4 Å². The molecule has 2 aliphatic rings. The van der Waals surface area contributed by atoms with Gasteiger partial charge in [0.2, 0.25) is 0 Å². The largest absolute Gasteiger partial charge is 0.497 e. The third kappa shape index (κ3) is 3.60. The van der Waals surface area contributed by atoms with Crippen LogP contribution in [0.3, 0.4) is 0 Å². The van der Waals surface area contributed by atoms with Crippen molar-refractivity contribution in [3.05, 3.63) is 59.3 Å². The molecule has 4 rings (SSSR count). The minimum Gasteiger partial charge on any atom is -0.497 e. The van der Waals surface area contributed by atoms with Crippen molar-refractivity contribution in [1.82, 2.24) is 0 Å². The zero-order chi connectivity index (χ0) is 22.1. The fourth-order valence-electron chi connectivity index (χ4n) is 4.43. The number of fused-ring (bicyclic) bond motifs is 1. The summed E-state index contributed by atoms with van der Waals surface area (Å²) in [6.07, 6.45) is 0.541. The number of ether oxygens (including phenoxy) is 3. The molecule has 0 amide bonds. The zero-order valence-corrected chi connectivity index (χ0v) is 18.0. The summed E-state index contributed by atoms with van der Waals surface area (Å²) in [5, 5.41) is 6.93. The number of Topliss-reactive ketones (excluding diaryl/α,β-unsaturated/α-hetero) is 1. The van der Waals surface area contributed by atoms with Crippen molar-refractivity contribution in [2.75, 3.05) is 32.0 Å². The van der Waals surface area contributed by atoms with Crippen LogP contribution in [0.15, 0.2) is 53.7 Å². The van der Waals surface area contributed by atoms with E-state index in [0.29, 0.717) is 23.5 Å². The van der Waals surface area contributed by atoms with Gasteiger partial charge in [-0.15, -0.1) is 0 Å². The Kier molecular flexibility index (Phi) is 5.59. The topological polar surface area (TPSA) is 85.9 Å². The summed E-state index contributed by atoms with van der Waals surface area (Å²) in [5.41, 5.74) is 3.78. The minimum atomic E-state index is -0.854. The quantitative estimate of drug-likeness (QED) is 0.570. The Balaban J connectivity index is 1.93. The molecule has 3 atom stereocenters. The highest BCUT2D eigenvalue weighted by atomic mass is 16.5. The van der Waals surface area contributed by atoms with Gasteiger partial charge in [-0.3, -0.25) is 9.59 Å². The van der Waals surface area contributed by atoms with Crippen LogP contribution in [0, 0.1) is 11.8 Å². The first-order valence-electron chi connectivity index (χ1n) is 10.2. The number of carbonyl (C=O) groups is 2. The van der Waals surface area contributed by atoms with E-state index in [9.17, 15) is 9.59 Å². The normalized spacial score (nSPS) is 22.3. The van der Waals surface area contributed by atoms with Gasteiger partial charge in [-0.2, -0.15) is 0 Å². The minimum absolute atomic E-state index is 0.190. The summed E-state index contributed by atoms with van der Waals surface area (Å²) in [4.78, 5) is 26.2. The number of rotatable bonds is 4. The van der Waals surface area contributed by atoms with Crippen molar-refractivity contribution in [3.8, 4) is 11.5 Å². The molecule has 0 fully saturated rings. The molecule has 1 aliphatic carbocycles. The standard InChI is InChI=1S/C24H26N2O5/c1-13-11-18-21(23(27)20(13)24(28)31-4)22(26-17-8-6-5-7-16(17)25-18)15-12-14(29-2)9-10-19(15)30-3/h5-10,12-13,20,22,25-26H,11H2,1-4H3/t13-,20-,22+/m0/s1. The molecular weight excluding hydrogens is 396 g/mol. The number of hydrogen-bond donors (Lipinski definition) is 2. The number of hydrogen-bond acceptors (Lipinski definition) is 7. The van der Waals surface area contributed by atoms with E-state index in [2.05, 4.69) is 10.6 Å². The van der Waals surface area contributed by atoms with Crippen LogP contribution in [0.2, 0.25) is 0 Å². The molecule has 7 nitrogen and oxygen atoms in total. The van der Waals surface area contributed by atoms with Crippen molar-refractivity contribution in [2.24, 2.45) is 11.8 Å². The number of methoxy groups -OCH3 is 3. The number of carbonyl (C=O) groups excluding carboxylic acids is 2. The molecule has 2 N–H and O–H groups in total. The zero-order valence-electron chi connectivity index (χ0n) is 18.0. The molecule has 2 aromatic carbocycles. The van der Waals surface area contributed by atoms with Gasteiger partial charge in [-0.05, 0) is 42.7 Å². The molecule has 31 heavy (non-hydrogen) atoms. The lowest BCUT2D eigenvalue weighted by Crippen LogP contribution is -2.39. The molecule has 0 spiro atoms. The molecule has 0 unspecified atom stereocenters. The number of para-hydroxylation sites is 2. The van der Waals surface area contributed by atoms with Crippen LogP contribution in [0.5, 0.6) is 11.5 Å². The first-order chi connectivity index (χ1) is 15.0. The lowest BCUT2D eigenvalue weighted by atomic mass is 9.74. The van der Waals surface area contributed by atoms with E-state index in [0.717, 1.165) is 22.6 Å². The molecule has 1 aliphatic heterocycles.